The lowest BCUT2D eigenvalue weighted by Crippen LogP contribution is -2.61. The molecule has 1 fully saturated rings. The monoisotopic (exact) mass is 970 g/mol. The predicted octanol–water partition coefficient (Wildman–Crippen LogP) is 11.8. The van der Waals surface area contributed by atoms with Gasteiger partial charge in [0, 0.05) is 6.42 Å². The number of hydrogen-bond acceptors (Lipinski definition) is 10. The van der Waals surface area contributed by atoms with Crippen molar-refractivity contribution in [2.45, 2.75) is 256 Å². The third-order valence-corrected chi connectivity index (χ3v) is 12.4. The van der Waals surface area contributed by atoms with E-state index < -0.39 is 67.4 Å². The van der Waals surface area contributed by atoms with E-state index in [1.807, 2.05) is 60.8 Å². The lowest BCUT2D eigenvalue weighted by atomic mass is 9.99. The van der Waals surface area contributed by atoms with Crippen molar-refractivity contribution in [3.05, 3.63) is 85.1 Å². The molecule has 0 aromatic heterocycles. The van der Waals surface area contributed by atoms with Gasteiger partial charge in [-0.15, -0.1) is 0 Å². The molecule has 0 aromatic rings. The molecule has 11 nitrogen and oxygen atoms in total. The van der Waals surface area contributed by atoms with Gasteiger partial charge in [-0.05, 0) is 64.2 Å². The molecule has 11 heteroatoms. The minimum atomic E-state index is -1.65. The highest BCUT2D eigenvalue weighted by Crippen LogP contribution is 2.26. The van der Waals surface area contributed by atoms with Gasteiger partial charge in [0.25, 0.3) is 0 Å². The maximum Gasteiger partial charge on any atom is 0.306 e. The first-order valence-electron chi connectivity index (χ1n) is 27.4. The minimum Gasteiger partial charge on any atom is -0.454 e. The van der Waals surface area contributed by atoms with Crippen molar-refractivity contribution in [3.63, 3.8) is 0 Å². The molecule has 1 heterocycles. The fourth-order valence-corrected chi connectivity index (χ4v) is 8.03. The van der Waals surface area contributed by atoms with E-state index in [4.69, 9.17) is 14.2 Å². The van der Waals surface area contributed by atoms with Crippen LogP contribution >= 0.6 is 0 Å². The Morgan fingerprint density at radius 2 is 1.06 bits per heavy atom. The summed E-state index contributed by atoms with van der Waals surface area (Å²) >= 11 is 0. The van der Waals surface area contributed by atoms with Crippen LogP contribution in [0.4, 0.5) is 0 Å². The summed E-state index contributed by atoms with van der Waals surface area (Å²) in [5, 5.41) is 56.7. The van der Waals surface area contributed by atoms with Crippen LogP contribution in [0.25, 0.3) is 0 Å². The molecular weight excluding hydrogens is 871 g/mol. The van der Waals surface area contributed by atoms with Gasteiger partial charge in [-0.1, -0.05) is 221 Å². The number of allylic oxidation sites excluding steroid dienone is 13. The maximum absolute atomic E-state index is 13.4. The molecule has 0 aromatic carbocycles. The maximum atomic E-state index is 13.4. The zero-order chi connectivity index (χ0) is 50.4. The molecule has 396 valence electrons. The number of aliphatic hydroxyl groups is 5. The molecule has 1 saturated heterocycles. The predicted molar refractivity (Wildman–Crippen MR) is 282 cm³/mol. The summed E-state index contributed by atoms with van der Waals surface area (Å²) in [6, 6.07) is -1.04. The van der Waals surface area contributed by atoms with Crippen molar-refractivity contribution in [1.82, 2.24) is 5.32 Å². The SMILES string of the molecule is CC/C=C/C=C/C=C\C=C/C=C/CCCC(=O)OC1C(OCC(NC(=O)C(O)CCCCCCCC/C=C\CCCCCC)C(O)/C=C/CCCCCCCCCCCCC)OC(CO)C(O)C1O. The summed E-state index contributed by atoms with van der Waals surface area (Å²) in [4.78, 5) is 26.4. The highest BCUT2D eigenvalue weighted by Gasteiger charge is 2.47. The number of ether oxygens (including phenoxy) is 3. The second-order valence-electron chi connectivity index (χ2n) is 18.7. The first-order chi connectivity index (χ1) is 33.7. The first-order valence-corrected chi connectivity index (χ1v) is 27.4. The highest BCUT2D eigenvalue weighted by atomic mass is 16.7. The van der Waals surface area contributed by atoms with Crippen molar-refractivity contribution >= 4 is 11.9 Å². The number of carbonyl (C=O) groups excluding carboxylic acids is 2. The first kappa shape index (κ1) is 63.9. The van der Waals surface area contributed by atoms with Gasteiger partial charge < -0.3 is 45.1 Å². The van der Waals surface area contributed by atoms with E-state index in [-0.39, 0.29) is 19.4 Å². The van der Waals surface area contributed by atoms with Crippen LogP contribution in [0.15, 0.2) is 85.1 Å². The number of carbonyl (C=O) groups is 2. The van der Waals surface area contributed by atoms with Crippen molar-refractivity contribution < 1.29 is 49.3 Å². The van der Waals surface area contributed by atoms with Crippen LogP contribution in [0, 0.1) is 0 Å². The lowest BCUT2D eigenvalue weighted by molar-refractivity contribution is -0.305. The molecule has 8 atom stereocenters. The number of aliphatic hydroxyl groups excluding tert-OH is 5. The zero-order valence-electron chi connectivity index (χ0n) is 43.4. The van der Waals surface area contributed by atoms with Gasteiger partial charge in [-0.25, -0.2) is 0 Å². The zero-order valence-corrected chi connectivity index (χ0v) is 43.4. The molecule has 0 saturated carbocycles. The molecule has 1 amide bonds. The van der Waals surface area contributed by atoms with Crippen molar-refractivity contribution in [2.24, 2.45) is 0 Å². The lowest BCUT2D eigenvalue weighted by Gasteiger charge is -2.41. The standard InChI is InChI=1S/C58H99NO10/c1-4-7-10-13-16-19-22-25-28-30-33-36-39-42-45-51(62)57(66)59-49(50(61)44-41-38-35-32-29-26-23-20-17-14-11-8-5-2)48-67-58-56(55(65)54(64)52(47-60)68-58)69-53(63)46-43-40-37-34-31-27-24-21-18-15-12-9-6-3/h9,12,15,18-19,21-22,24,27,31,34,37,41,44,49-52,54-56,58,60-62,64-65H,4-8,10-11,13-14,16-17,20,23,25-26,28-30,32-33,35-36,38-40,42-43,45-48H2,1-3H3,(H,59,66)/b12-9+,18-15+,22-19-,24-21-,31-27-,37-34+,44-41+. The number of hydrogen-bond donors (Lipinski definition) is 6. The van der Waals surface area contributed by atoms with Crippen LogP contribution in [0.5, 0.6) is 0 Å². The van der Waals surface area contributed by atoms with Crippen LogP contribution in [-0.2, 0) is 23.8 Å². The molecule has 0 radical (unpaired) electrons. The average Bonchev–Trinajstić information content (AvgIpc) is 3.34. The van der Waals surface area contributed by atoms with E-state index in [1.54, 1.807) is 6.08 Å². The summed E-state index contributed by atoms with van der Waals surface area (Å²) in [5.41, 5.74) is 0. The summed E-state index contributed by atoms with van der Waals surface area (Å²) in [7, 11) is 0. The van der Waals surface area contributed by atoms with Crippen LogP contribution in [0.1, 0.15) is 207 Å². The Morgan fingerprint density at radius 1 is 0.580 bits per heavy atom. The van der Waals surface area contributed by atoms with E-state index in [2.05, 4.69) is 44.3 Å². The van der Waals surface area contributed by atoms with Gasteiger partial charge in [0.2, 0.25) is 5.91 Å². The van der Waals surface area contributed by atoms with Crippen LogP contribution in [0.3, 0.4) is 0 Å². The average molecular weight is 970 g/mol. The Bertz CT molecular complexity index is 1440. The second kappa shape index (κ2) is 45.9. The van der Waals surface area contributed by atoms with Crippen molar-refractivity contribution in [3.8, 4) is 0 Å². The molecular formula is C58H99NO10. The van der Waals surface area contributed by atoms with Gasteiger partial charge >= 0.3 is 5.97 Å². The summed E-state index contributed by atoms with van der Waals surface area (Å²) in [5.74, 6) is -1.28. The largest absolute Gasteiger partial charge is 0.454 e. The van der Waals surface area contributed by atoms with Gasteiger partial charge in [-0.3, -0.25) is 9.59 Å². The van der Waals surface area contributed by atoms with Crippen molar-refractivity contribution in [2.75, 3.05) is 13.2 Å². The Kier molecular flexibility index (Phi) is 42.5. The molecule has 69 heavy (non-hydrogen) atoms. The Labute approximate surface area is 419 Å². The molecule has 6 N–H and O–H groups in total. The fourth-order valence-electron chi connectivity index (χ4n) is 8.03. The topological polar surface area (TPSA) is 175 Å². The van der Waals surface area contributed by atoms with Gasteiger partial charge in [-0.2, -0.15) is 0 Å². The number of unbranched alkanes of at least 4 members (excludes halogenated alkanes) is 22. The minimum absolute atomic E-state index is 0.0234. The van der Waals surface area contributed by atoms with Gasteiger partial charge in [0.05, 0.1) is 25.4 Å². The van der Waals surface area contributed by atoms with Crippen LogP contribution in [-0.4, -0.2) is 99.6 Å². The van der Waals surface area contributed by atoms with Gasteiger partial charge in [0.1, 0.15) is 24.4 Å². The highest BCUT2D eigenvalue weighted by molar-refractivity contribution is 5.80. The van der Waals surface area contributed by atoms with Gasteiger partial charge in [0.15, 0.2) is 12.4 Å². The summed E-state index contributed by atoms with van der Waals surface area (Å²) in [6.45, 7) is 5.56. The number of nitrogens with one attached hydrogen (secondary N) is 1. The van der Waals surface area contributed by atoms with Crippen LogP contribution < -0.4 is 5.32 Å². The van der Waals surface area contributed by atoms with E-state index in [0.717, 1.165) is 70.6 Å². The molecule has 1 rings (SSSR count). The van der Waals surface area contributed by atoms with Crippen molar-refractivity contribution in [1.29, 1.82) is 0 Å². The Hall–Kier alpha value is -3.16. The number of amides is 1. The Morgan fingerprint density at radius 3 is 1.61 bits per heavy atom. The molecule has 0 spiro atoms. The normalized spacial score (nSPS) is 20.5. The fraction of sp³-hybridized carbons (Fsp3) is 0.724. The Balaban J connectivity index is 2.82. The van der Waals surface area contributed by atoms with E-state index in [1.165, 1.54) is 83.5 Å². The number of rotatable bonds is 44. The number of esters is 1. The van der Waals surface area contributed by atoms with E-state index in [9.17, 15) is 35.1 Å². The molecule has 8 unspecified atom stereocenters. The quantitative estimate of drug-likeness (QED) is 0.0149. The summed E-state index contributed by atoms with van der Waals surface area (Å²) in [6.07, 6.45) is 47.8. The van der Waals surface area contributed by atoms with Crippen LogP contribution in [0.2, 0.25) is 0 Å². The second-order valence-corrected chi connectivity index (χ2v) is 18.7. The molecule has 0 bridgehead atoms. The third kappa shape index (κ3) is 34.7. The third-order valence-electron chi connectivity index (χ3n) is 12.4. The smallest absolute Gasteiger partial charge is 0.306 e. The molecule has 1 aliphatic heterocycles. The van der Waals surface area contributed by atoms with E-state index in [0.29, 0.717) is 19.3 Å². The molecule has 0 aliphatic carbocycles. The summed E-state index contributed by atoms with van der Waals surface area (Å²) < 4.78 is 17.4. The van der Waals surface area contributed by atoms with E-state index >= 15 is 0 Å². The molecule has 1 aliphatic rings.